The smallest absolute Gasteiger partial charge is 0.259 e. The molecule has 3 N–H and O–H groups in total. The Morgan fingerprint density at radius 3 is 2.48 bits per heavy atom. The van der Waals surface area contributed by atoms with Gasteiger partial charge in [0.1, 0.15) is 11.6 Å². The van der Waals surface area contributed by atoms with Crippen LogP contribution in [0.4, 0.5) is 22.9 Å². The Bertz CT molecular complexity index is 1020. The molecule has 0 atom stereocenters. The highest BCUT2D eigenvalue weighted by Gasteiger charge is 2.14. The monoisotopic (exact) mass is 390 g/mol. The van der Waals surface area contributed by atoms with E-state index in [0.717, 1.165) is 0 Å². The molecule has 0 radical (unpaired) electrons. The lowest BCUT2D eigenvalue weighted by Crippen LogP contribution is -2.15. The normalized spacial score (nSPS) is 10.1. The van der Waals surface area contributed by atoms with Crippen molar-refractivity contribution in [1.29, 1.82) is 0 Å². The number of carbonyl (C=O) groups is 2. The summed E-state index contributed by atoms with van der Waals surface area (Å²) < 4.78 is 5.34. The molecule has 0 saturated heterocycles. The molecule has 2 amide bonds. The summed E-state index contributed by atoms with van der Waals surface area (Å²) in [5, 5.41) is 8.77. The van der Waals surface area contributed by atoms with Crippen LogP contribution in [0.15, 0.2) is 66.9 Å². The first-order valence-electron chi connectivity index (χ1n) is 9.17. The molecule has 148 valence electrons. The lowest BCUT2D eigenvalue weighted by atomic mass is 10.2. The molecule has 29 heavy (non-hydrogen) atoms. The molecule has 1 heterocycles. The van der Waals surface area contributed by atoms with Crippen molar-refractivity contribution in [2.45, 2.75) is 13.3 Å². The standard InChI is InChI=1S/C22H22N4O3/c1-3-20(27)24-15-8-6-9-16(14-15)25-22(28)17-10-7-13-23-21(17)26-18-11-4-5-12-19(18)29-2/h4-14H,3H2,1-2H3,(H,23,26)(H,24,27)(H,25,28). The summed E-state index contributed by atoms with van der Waals surface area (Å²) in [4.78, 5) is 28.7. The Balaban J connectivity index is 1.80. The number of amides is 2. The minimum Gasteiger partial charge on any atom is -0.495 e. The van der Waals surface area contributed by atoms with Crippen molar-refractivity contribution in [1.82, 2.24) is 4.98 Å². The quantitative estimate of drug-likeness (QED) is 0.555. The van der Waals surface area contributed by atoms with Crippen LogP contribution in [0.2, 0.25) is 0 Å². The third kappa shape index (κ3) is 5.10. The molecule has 0 fully saturated rings. The summed E-state index contributed by atoms with van der Waals surface area (Å²) in [6.07, 6.45) is 1.99. The molecular formula is C22H22N4O3. The zero-order chi connectivity index (χ0) is 20.6. The molecule has 0 saturated carbocycles. The van der Waals surface area contributed by atoms with E-state index in [4.69, 9.17) is 4.74 Å². The lowest BCUT2D eigenvalue weighted by molar-refractivity contribution is -0.115. The van der Waals surface area contributed by atoms with E-state index in [1.807, 2.05) is 24.3 Å². The van der Waals surface area contributed by atoms with Gasteiger partial charge < -0.3 is 20.7 Å². The van der Waals surface area contributed by atoms with Crippen molar-refractivity contribution in [2.24, 2.45) is 0 Å². The van der Waals surface area contributed by atoms with Crippen molar-refractivity contribution in [3.8, 4) is 5.75 Å². The number of benzene rings is 2. The minimum atomic E-state index is -0.325. The summed E-state index contributed by atoms with van der Waals surface area (Å²) in [6, 6.07) is 17.8. The number of methoxy groups -OCH3 is 1. The number of carbonyl (C=O) groups excluding carboxylic acids is 2. The van der Waals surface area contributed by atoms with Crippen LogP contribution in [-0.2, 0) is 4.79 Å². The van der Waals surface area contributed by atoms with E-state index in [0.29, 0.717) is 40.6 Å². The second-order valence-electron chi connectivity index (χ2n) is 6.16. The van der Waals surface area contributed by atoms with Gasteiger partial charge in [-0.15, -0.1) is 0 Å². The first kappa shape index (κ1) is 19.9. The molecule has 0 unspecified atom stereocenters. The molecular weight excluding hydrogens is 368 g/mol. The number of nitrogens with zero attached hydrogens (tertiary/aromatic N) is 1. The maximum absolute atomic E-state index is 12.9. The largest absolute Gasteiger partial charge is 0.495 e. The van der Waals surface area contributed by atoms with Gasteiger partial charge in [0.15, 0.2) is 0 Å². The van der Waals surface area contributed by atoms with Crippen LogP contribution in [-0.4, -0.2) is 23.9 Å². The SMILES string of the molecule is CCC(=O)Nc1cccc(NC(=O)c2cccnc2Nc2ccccc2OC)c1. The number of aromatic nitrogens is 1. The summed E-state index contributed by atoms with van der Waals surface area (Å²) in [7, 11) is 1.58. The highest BCUT2D eigenvalue weighted by Crippen LogP contribution is 2.28. The molecule has 7 heteroatoms. The second kappa shape index (κ2) is 9.36. The van der Waals surface area contributed by atoms with Crippen LogP contribution in [0.3, 0.4) is 0 Å². The van der Waals surface area contributed by atoms with Crippen molar-refractivity contribution < 1.29 is 14.3 Å². The van der Waals surface area contributed by atoms with Crippen molar-refractivity contribution in [2.75, 3.05) is 23.1 Å². The maximum atomic E-state index is 12.9. The van der Waals surface area contributed by atoms with E-state index < -0.39 is 0 Å². The zero-order valence-electron chi connectivity index (χ0n) is 16.2. The summed E-state index contributed by atoms with van der Waals surface area (Å²) >= 11 is 0. The van der Waals surface area contributed by atoms with Gasteiger partial charge >= 0.3 is 0 Å². The maximum Gasteiger partial charge on any atom is 0.259 e. The van der Waals surface area contributed by atoms with Gasteiger partial charge in [-0.2, -0.15) is 0 Å². The number of pyridine rings is 1. The van der Waals surface area contributed by atoms with Gasteiger partial charge in [0.2, 0.25) is 5.91 Å². The van der Waals surface area contributed by atoms with Crippen molar-refractivity contribution in [3.05, 3.63) is 72.4 Å². The Hall–Kier alpha value is -3.87. The molecule has 0 spiro atoms. The topological polar surface area (TPSA) is 92.4 Å². The van der Waals surface area contributed by atoms with E-state index in [1.54, 1.807) is 56.6 Å². The number of ether oxygens (including phenoxy) is 1. The molecule has 3 rings (SSSR count). The van der Waals surface area contributed by atoms with Crippen LogP contribution in [0.1, 0.15) is 23.7 Å². The fraction of sp³-hybridized carbons (Fsp3) is 0.136. The van der Waals surface area contributed by atoms with E-state index in [1.165, 1.54) is 0 Å². The molecule has 2 aromatic carbocycles. The van der Waals surface area contributed by atoms with Crippen LogP contribution >= 0.6 is 0 Å². The molecule has 0 aliphatic carbocycles. The average molecular weight is 390 g/mol. The van der Waals surface area contributed by atoms with E-state index in [2.05, 4.69) is 20.9 Å². The molecule has 7 nitrogen and oxygen atoms in total. The molecule has 0 aliphatic heterocycles. The summed E-state index contributed by atoms with van der Waals surface area (Å²) in [5.74, 6) is 0.632. The highest BCUT2D eigenvalue weighted by atomic mass is 16.5. The number of nitrogens with one attached hydrogen (secondary N) is 3. The number of hydrogen-bond acceptors (Lipinski definition) is 5. The molecule has 0 bridgehead atoms. The Morgan fingerprint density at radius 1 is 0.966 bits per heavy atom. The Morgan fingerprint density at radius 2 is 1.72 bits per heavy atom. The summed E-state index contributed by atoms with van der Waals surface area (Å²) in [5.41, 5.74) is 2.26. The van der Waals surface area contributed by atoms with Crippen LogP contribution < -0.4 is 20.7 Å². The van der Waals surface area contributed by atoms with Crippen LogP contribution in [0.25, 0.3) is 0 Å². The van der Waals surface area contributed by atoms with Gasteiger partial charge in [-0.1, -0.05) is 25.1 Å². The number of para-hydroxylation sites is 2. The predicted molar refractivity (Wildman–Crippen MR) is 114 cm³/mol. The van der Waals surface area contributed by atoms with Gasteiger partial charge in [0.25, 0.3) is 5.91 Å². The number of anilines is 4. The van der Waals surface area contributed by atoms with Gasteiger partial charge in [-0.3, -0.25) is 9.59 Å². The third-order valence-electron chi connectivity index (χ3n) is 4.14. The first-order valence-corrected chi connectivity index (χ1v) is 9.17. The Kier molecular flexibility index (Phi) is 6.42. The van der Waals surface area contributed by atoms with Crippen molar-refractivity contribution in [3.63, 3.8) is 0 Å². The molecule has 3 aromatic rings. The second-order valence-corrected chi connectivity index (χ2v) is 6.16. The third-order valence-corrected chi connectivity index (χ3v) is 4.14. The summed E-state index contributed by atoms with van der Waals surface area (Å²) in [6.45, 7) is 1.78. The lowest BCUT2D eigenvalue weighted by Gasteiger charge is -2.14. The van der Waals surface area contributed by atoms with Gasteiger partial charge in [0.05, 0.1) is 18.4 Å². The van der Waals surface area contributed by atoms with E-state index >= 15 is 0 Å². The fourth-order valence-corrected chi connectivity index (χ4v) is 2.69. The zero-order valence-corrected chi connectivity index (χ0v) is 16.2. The highest BCUT2D eigenvalue weighted by molar-refractivity contribution is 6.08. The first-order chi connectivity index (χ1) is 14.1. The predicted octanol–water partition coefficient (Wildman–Crippen LogP) is 4.43. The van der Waals surface area contributed by atoms with Crippen molar-refractivity contribution >= 4 is 34.7 Å². The molecule has 1 aromatic heterocycles. The van der Waals surface area contributed by atoms with Gasteiger partial charge in [0, 0.05) is 24.0 Å². The average Bonchev–Trinajstić information content (AvgIpc) is 2.74. The fourth-order valence-electron chi connectivity index (χ4n) is 2.69. The van der Waals surface area contributed by atoms with Gasteiger partial charge in [-0.25, -0.2) is 4.98 Å². The van der Waals surface area contributed by atoms with Gasteiger partial charge in [-0.05, 0) is 42.5 Å². The number of hydrogen-bond donors (Lipinski definition) is 3. The number of rotatable bonds is 7. The van der Waals surface area contributed by atoms with Crippen LogP contribution in [0, 0.1) is 0 Å². The van der Waals surface area contributed by atoms with E-state index in [9.17, 15) is 9.59 Å². The van der Waals surface area contributed by atoms with E-state index in [-0.39, 0.29) is 11.8 Å². The molecule has 0 aliphatic rings. The minimum absolute atomic E-state index is 0.0935. The Labute approximate surface area is 169 Å². The van der Waals surface area contributed by atoms with Crippen LogP contribution in [0.5, 0.6) is 5.75 Å².